The molecule has 0 saturated carbocycles. The summed E-state index contributed by atoms with van der Waals surface area (Å²) in [5.74, 6) is -0.0458. The van der Waals surface area contributed by atoms with Crippen LogP contribution in [0.5, 0.6) is 5.88 Å². The van der Waals surface area contributed by atoms with Crippen LogP contribution in [0, 0.1) is 24.1 Å². The molecule has 44 heavy (non-hydrogen) atoms. The van der Waals surface area contributed by atoms with Gasteiger partial charge in [0.2, 0.25) is 5.88 Å². The SMILES string of the molecule is C=C(CN1CCC(c2cccc(OCc3ccc(C#N)cc3F)n2)CC1)N(Cc1nncn1C)c1cc(C(=O)O)ccc1C. The molecule has 5 rings (SSSR count). The van der Waals surface area contributed by atoms with E-state index < -0.39 is 11.8 Å². The Balaban J connectivity index is 1.22. The zero-order valence-electron chi connectivity index (χ0n) is 24.8. The molecular weight excluding hydrogens is 561 g/mol. The van der Waals surface area contributed by atoms with Crippen LogP contribution in [0.4, 0.5) is 10.1 Å². The summed E-state index contributed by atoms with van der Waals surface area (Å²) < 4.78 is 21.9. The third kappa shape index (κ3) is 7.10. The number of aromatic carboxylic acids is 1. The maximum atomic E-state index is 14.3. The molecule has 0 spiro atoms. The van der Waals surface area contributed by atoms with E-state index in [0.29, 0.717) is 24.5 Å². The molecule has 1 aliphatic heterocycles. The Morgan fingerprint density at radius 2 is 2.00 bits per heavy atom. The second-order valence-electron chi connectivity index (χ2n) is 11.0. The number of likely N-dealkylation sites (tertiary alicyclic amines) is 1. The minimum absolute atomic E-state index is 0.0221. The van der Waals surface area contributed by atoms with Gasteiger partial charge in [0.1, 0.15) is 18.8 Å². The summed E-state index contributed by atoms with van der Waals surface area (Å²) in [5.41, 5.74) is 4.32. The van der Waals surface area contributed by atoms with E-state index in [4.69, 9.17) is 15.0 Å². The summed E-state index contributed by atoms with van der Waals surface area (Å²) in [5, 5.41) is 26.8. The van der Waals surface area contributed by atoms with Crippen LogP contribution in [0.1, 0.15) is 57.3 Å². The fourth-order valence-corrected chi connectivity index (χ4v) is 5.35. The van der Waals surface area contributed by atoms with Gasteiger partial charge in [-0.15, -0.1) is 10.2 Å². The predicted molar refractivity (Wildman–Crippen MR) is 163 cm³/mol. The van der Waals surface area contributed by atoms with E-state index in [-0.39, 0.29) is 23.7 Å². The molecular formula is C33H34FN7O3. The maximum absolute atomic E-state index is 14.3. The first kappa shape index (κ1) is 30.4. The van der Waals surface area contributed by atoms with Crippen LogP contribution in [0.2, 0.25) is 0 Å². The summed E-state index contributed by atoms with van der Waals surface area (Å²) in [6.45, 7) is 9.06. The number of carboxylic acid groups (broad SMARTS) is 1. The summed E-state index contributed by atoms with van der Waals surface area (Å²) in [6, 6.07) is 17.0. The molecule has 1 fully saturated rings. The van der Waals surface area contributed by atoms with Crippen LogP contribution in [0.3, 0.4) is 0 Å². The van der Waals surface area contributed by atoms with Crippen LogP contribution >= 0.6 is 0 Å². The number of carbonyl (C=O) groups is 1. The Morgan fingerprint density at radius 3 is 2.68 bits per heavy atom. The Bertz CT molecular complexity index is 1710. The smallest absolute Gasteiger partial charge is 0.335 e. The standard InChI is InChI=1S/C33H34FN7O3/c1-22-7-9-26(33(42)43)16-30(22)41(19-31-38-36-21-39(31)3)23(2)18-40-13-11-25(12-14-40)29-5-4-6-32(37-29)44-20-27-10-8-24(17-35)15-28(27)34/h4-10,15-16,21,25H,2,11-14,18-20H2,1,3H3,(H,42,43). The molecule has 1 N–H and O–H groups in total. The number of halogens is 1. The first-order valence-electron chi connectivity index (χ1n) is 14.3. The molecule has 2 aromatic carbocycles. The van der Waals surface area contributed by atoms with E-state index in [9.17, 15) is 14.3 Å². The van der Waals surface area contributed by atoms with Gasteiger partial charge < -0.3 is 19.3 Å². The minimum Gasteiger partial charge on any atom is -0.478 e. The van der Waals surface area contributed by atoms with Crippen LogP contribution in [0.15, 0.2) is 73.2 Å². The molecule has 0 aliphatic carbocycles. The molecule has 226 valence electrons. The minimum atomic E-state index is -0.984. The van der Waals surface area contributed by atoms with Gasteiger partial charge in [0.15, 0.2) is 5.82 Å². The molecule has 1 saturated heterocycles. The van der Waals surface area contributed by atoms with Crippen molar-refractivity contribution in [2.24, 2.45) is 7.05 Å². The lowest BCUT2D eigenvalue weighted by atomic mass is 9.93. The highest BCUT2D eigenvalue weighted by molar-refractivity contribution is 5.89. The van der Waals surface area contributed by atoms with Crippen molar-refractivity contribution in [1.29, 1.82) is 5.26 Å². The fourth-order valence-electron chi connectivity index (χ4n) is 5.35. The summed E-state index contributed by atoms with van der Waals surface area (Å²) in [4.78, 5) is 20.8. The first-order valence-corrected chi connectivity index (χ1v) is 14.3. The Kier molecular flexibility index (Phi) is 9.31. The van der Waals surface area contributed by atoms with Crippen molar-refractivity contribution in [1.82, 2.24) is 24.6 Å². The number of nitriles is 1. The second-order valence-corrected chi connectivity index (χ2v) is 11.0. The van der Waals surface area contributed by atoms with Crippen molar-refractivity contribution in [3.63, 3.8) is 0 Å². The topological polar surface area (TPSA) is 120 Å². The zero-order chi connectivity index (χ0) is 31.2. The monoisotopic (exact) mass is 595 g/mol. The number of nitrogens with zero attached hydrogens (tertiary/aromatic N) is 7. The van der Waals surface area contributed by atoms with E-state index in [1.807, 2.05) is 47.7 Å². The van der Waals surface area contributed by atoms with Crippen LogP contribution < -0.4 is 9.64 Å². The van der Waals surface area contributed by atoms with Gasteiger partial charge in [-0.05, 0) is 68.8 Å². The number of hydrogen-bond donors (Lipinski definition) is 1. The van der Waals surface area contributed by atoms with Gasteiger partial charge in [0.25, 0.3) is 0 Å². The van der Waals surface area contributed by atoms with Gasteiger partial charge >= 0.3 is 5.97 Å². The third-order valence-electron chi connectivity index (χ3n) is 7.95. The summed E-state index contributed by atoms with van der Waals surface area (Å²) in [7, 11) is 1.88. The molecule has 3 heterocycles. The third-order valence-corrected chi connectivity index (χ3v) is 7.95. The average Bonchev–Trinajstić information content (AvgIpc) is 3.43. The lowest BCUT2D eigenvalue weighted by Gasteiger charge is -2.35. The number of aromatic nitrogens is 4. The quantitative estimate of drug-likeness (QED) is 0.249. The van der Waals surface area contributed by atoms with Crippen molar-refractivity contribution in [2.45, 2.75) is 38.8 Å². The highest BCUT2D eigenvalue weighted by atomic mass is 19.1. The van der Waals surface area contributed by atoms with E-state index in [1.165, 1.54) is 6.07 Å². The van der Waals surface area contributed by atoms with Crippen LogP contribution in [-0.4, -0.2) is 55.4 Å². The molecule has 1 aliphatic rings. The summed E-state index contributed by atoms with van der Waals surface area (Å²) >= 11 is 0. The van der Waals surface area contributed by atoms with Crippen molar-refractivity contribution in [3.05, 3.63) is 113 Å². The lowest BCUT2D eigenvalue weighted by Crippen LogP contribution is -2.38. The molecule has 10 nitrogen and oxygen atoms in total. The molecule has 0 unspecified atom stereocenters. The Hall–Kier alpha value is -5.08. The van der Waals surface area contributed by atoms with Gasteiger partial charge in [0.05, 0.1) is 23.7 Å². The molecule has 0 atom stereocenters. The number of anilines is 1. The Labute approximate surface area is 255 Å². The zero-order valence-corrected chi connectivity index (χ0v) is 24.8. The molecule has 0 bridgehead atoms. The molecule has 2 aromatic heterocycles. The van der Waals surface area contributed by atoms with Gasteiger partial charge in [-0.25, -0.2) is 14.2 Å². The number of hydrogen-bond acceptors (Lipinski definition) is 8. The van der Waals surface area contributed by atoms with Gasteiger partial charge in [-0.3, -0.25) is 4.90 Å². The Morgan fingerprint density at radius 1 is 1.20 bits per heavy atom. The molecule has 11 heteroatoms. The molecule has 4 aromatic rings. The van der Waals surface area contributed by atoms with Crippen molar-refractivity contribution >= 4 is 11.7 Å². The van der Waals surface area contributed by atoms with Gasteiger partial charge in [-0.1, -0.05) is 24.8 Å². The van der Waals surface area contributed by atoms with Gasteiger partial charge in [0, 0.05) is 48.2 Å². The predicted octanol–water partition coefficient (Wildman–Crippen LogP) is 5.21. The largest absolute Gasteiger partial charge is 0.478 e. The van der Waals surface area contributed by atoms with Crippen molar-refractivity contribution in [3.8, 4) is 11.9 Å². The first-order chi connectivity index (χ1) is 21.2. The molecule has 0 amide bonds. The lowest BCUT2D eigenvalue weighted by molar-refractivity contribution is 0.0697. The van der Waals surface area contributed by atoms with Gasteiger partial charge in [-0.2, -0.15) is 5.26 Å². The number of ether oxygens (including phenoxy) is 1. The van der Waals surface area contributed by atoms with Crippen molar-refractivity contribution < 1.29 is 19.0 Å². The number of benzene rings is 2. The highest BCUT2D eigenvalue weighted by Crippen LogP contribution is 2.31. The van der Waals surface area contributed by atoms with E-state index >= 15 is 0 Å². The number of pyridine rings is 1. The number of rotatable bonds is 11. The number of aryl methyl sites for hydroxylation is 2. The van der Waals surface area contributed by atoms with Crippen LogP contribution in [0.25, 0.3) is 0 Å². The molecule has 0 radical (unpaired) electrons. The second kappa shape index (κ2) is 13.5. The maximum Gasteiger partial charge on any atom is 0.335 e. The van der Waals surface area contributed by atoms with E-state index in [0.717, 1.165) is 54.4 Å². The summed E-state index contributed by atoms with van der Waals surface area (Å²) in [6.07, 6.45) is 3.43. The highest BCUT2D eigenvalue weighted by Gasteiger charge is 2.25. The van der Waals surface area contributed by atoms with Crippen LogP contribution in [-0.2, 0) is 20.2 Å². The fraction of sp³-hybridized carbons (Fsp3) is 0.303. The van der Waals surface area contributed by atoms with E-state index in [1.54, 1.807) is 36.7 Å². The normalized spacial score (nSPS) is 13.8. The van der Waals surface area contributed by atoms with Crippen molar-refractivity contribution in [2.75, 3.05) is 24.5 Å². The number of piperidine rings is 1. The van der Waals surface area contributed by atoms with E-state index in [2.05, 4.69) is 21.7 Å². The average molecular weight is 596 g/mol. The number of carboxylic acids is 1.